The van der Waals surface area contributed by atoms with E-state index in [1.54, 1.807) is 0 Å². The fourth-order valence-corrected chi connectivity index (χ4v) is 2.13. The van der Waals surface area contributed by atoms with Gasteiger partial charge in [-0.1, -0.05) is 30.3 Å². The molecule has 1 heterocycles. The van der Waals surface area contributed by atoms with Gasteiger partial charge in [-0.2, -0.15) is 0 Å². The highest BCUT2D eigenvalue weighted by molar-refractivity contribution is 6.05. The fraction of sp³-hybridized carbons (Fsp3) is 0.0625. The number of amides is 1. The number of hydrogen-bond acceptors (Lipinski definition) is 3. The summed E-state index contributed by atoms with van der Waals surface area (Å²) in [5.41, 5.74) is 8.61. The quantitative estimate of drug-likeness (QED) is 0.716. The van der Waals surface area contributed by atoms with Crippen LogP contribution in [-0.4, -0.2) is 5.91 Å². The van der Waals surface area contributed by atoms with Crippen molar-refractivity contribution in [2.75, 3.05) is 5.73 Å². The molecule has 20 heavy (non-hydrogen) atoms. The number of nitrogens with two attached hydrogens (primary N) is 1. The lowest BCUT2D eigenvalue weighted by Crippen LogP contribution is -2.22. The van der Waals surface area contributed by atoms with Gasteiger partial charge in [-0.25, -0.2) is 0 Å². The van der Waals surface area contributed by atoms with Crippen LogP contribution >= 0.6 is 0 Å². The summed E-state index contributed by atoms with van der Waals surface area (Å²) in [5.74, 6) is -0.155. The first-order chi connectivity index (χ1) is 9.74. The number of furan rings is 1. The van der Waals surface area contributed by atoms with E-state index in [0.717, 1.165) is 10.9 Å². The van der Waals surface area contributed by atoms with Gasteiger partial charge in [0.1, 0.15) is 11.8 Å². The molecule has 0 spiro atoms. The number of benzene rings is 2. The maximum atomic E-state index is 12.2. The van der Waals surface area contributed by atoms with Crippen LogP contribution in [0.3, 0.4) is 0 Å². The van der Waals surface area contributed by atoms with Gasteiger partial charge in [0, 0.05) is 17.6 Å². The Morgan fingerprint density at radius 2 is 2.00 bits per heavy atom. The first-order valence-corrected chi connectivity index (χ1v) is 6.33. The second-order valence-corrected chi connectivity index (χ2v) is 4.57. The maximum Gasteiger partial charge on any atom is 0.255 e. The van der Waals surface area contributed by atoms with Gasteiger partial charge in [-0.05, 0) is 23.8 Å². The molecule has 0 aliphatic rings. The number of carbonyl (C=O) groups is 1. The number of anilines is 1. The summed E-state index contributed by atoms with van der Waals surface area (Å²) >= 11 is 0. The zero-order valence-electron chi connectivity index (χ0n) is 10.8. The number of fused-ring (bicyclic) bond motifs is 1. The van der Waals surface area contributed by atoms with Crippen molar-refractivity contribution in [1.29, 1.82) is 0 Å². The molecule has 0 fully saturated rings. The van der Waals surface area contributed by atoms with Crippen LogP contribution in [0.15, 0.2) is 59.2 Å². The van der Waals surface area contributed by atoms with E-state index in [-0.39, 0.29) is 5.91 Å². The van der Waals surface area contributed by atoms with Crippen LogP contribution in [0.2, 0.25) is 0 Å². The monoisotopic (exact) mass is 266 g/mol. The van der Waals surface area contributed by atoms with Gasteiger partial charge >= 0.3 is 0 Å². The predicted molar refractivity (Wildman–Crippen MR) is 78.2 cm³/mol. The molecule has 3 aromatic rings. The number of hydrogen-bond donors (Lipinski definition) is 2. The zero-order valence-corrected chi connectivity index (χ0v) is 10.8. The Hall–Kier alpha value is -2.75. The van der Waals surface area contributed by atoms with Gasteiger partial charge in [0.05, 0.1) is 5.56 Å². The van der Waals surface area contributed by atoms with Crippen LogP contribution in [0.25, 0.3) is 11.0 Å². The third-order valence-corrected chi connectivity index (χ3v) is 3.13. The minimum Gasteiger partial charge on any atom is -0.463 e. The Bertz CT molecular complexity index is 762. The first kappa shape index (κ1) is 12.3. The van der Waals surface area contributed by atoms with E-state index < -0.39 is 0 Å². The smallest absolute Gasteiger partial charge is 0.255 e. The van der Waals surface area contributed by atoms with Crippen molar-refractivity contribution in [3.63, 3.8) is 0 Å². The number of para-hydroxylation sites is 1. The second-order valence-electron chi connectivity index (χ2n) is 4.57. The van der Waals surface area contributed by atoms with E-state index in [2.05, 4.69) is 5.32 Å². The standard InChI is InChI=1S/C16H14N2O2/c17-12-5-3-4-11(8-12)9-18-16(19)14-10-20-15-7-2-1-6-13(14)15/h1-8,10H,9,17H2,(H,18,19). The summed E-state index contributed by atoms with van der Waals surface area (Å²) in [7, 11) is 0. The molecule has 1 amide bonds. The lowest BCUT2D eigenvalue weighted by atomic mass is 10.1. The van der Waals surface area contributed by atoms with Crippen LogP contribution < -0.4 is 11.1 Å². The van der Waals surface area contributed by atoms with Crippen LogP contribution in [-0.2, 0) is 6.54 Å². The Morgan fingerprint density at radius 3 is 2.85 bits per heavy atom. The number of carbonyl (C=O) groups excluding carboxylic acids is 1. The topological polar surface area (TPSA) is 68.3 Å². The van der Waals surface area contributed by atoms with E-state index >= 15 is 0 Å². The van der Waals surface area contributed by atoms with Crippen LogP contribution in [0.4, 0.5) is 5.69 Å². The molecule has 4 heteroatoms. The van der Waals surface area contributed by atoms with Crippen molar-refractivity contribution in [3.8, 4) is 0 Å². The molecule has 3 N–H and O–H groups in total. The average Bonchev–Trinajstić information content (AvgIpc) is 2.89. The molecule has 0 aliphatic heterocycles. The van der Waals surface area contributed by atoms with E-state index in [1.807, 2.05) is 48.5 Å². The van der Waals surface area contributed by atoms with E-state index in [9.17, 15) is 4.79 Å². The molecule has 1 aromatic heterocycles. The summed E-state index contributed by atoms with van der Waals surface area (Å²) in [6.07, 6.45) is 1.49. The molecule has 0 bridgehead atoms. The second kappa shape index (κ2) is 5.09. The molecule has 0 aliphatic carbocycles. The van der Waals surface area contributed by atoms with Crippen molar-refractivity contribution >= 4 is 22.6 Å². The summed E-state index contributed by atoms with van der Waals surface area (Å²) in [4.78, 5) is 12.2. The zero-order chi connectivity index (χ0) is 13.9. The summed E-state index contributed by atoms with van der Waals surface area (Å²) < 4.78 is 5.36. The Labute approximate surface area is 116 Å². The van der Waals surface area contributed by atoms with Crippen LogP contribution in [0.1, 0.15) is 15.9 Å². The lowest BCUT2D eigenvalue weighted by Gasteiger charge is -2.05. The van der Waals surface area contributed by atoms with E-state index in [4.69, 9.17) is 10.2 Å². The van der Waals surface area contributed by atoms with Gasteiger partial charge in [-0.15, -0.1) is 0 Å². The minimum atomic E-state index is -0.155. The molecule has 0 atom stereocenters. The van der Waals surface area contributed by atoms with Crippen LogP contribution in [0, 0.1) is 0 Å². The van der Waals surface area contributed by atoms with Crippen molar-refractivity contribution in [2.45, 2.75) is 6.54 Å². The molecule has 100 valence electrons. The summed E-state index contributed by atoms with van der Waals surface area (Å²) in [6, 6.07) is 14.9. The van der Waals surface area contributed by atoms with Gasteiger partial charge in [0.15, 0.2) is 0 Å². The molecular weight excluding hydrogens is 252 g/mol. The van der Waals surface area contributed by atoms with Gasteiger partial charge in [-0.3, -0.25) is 4.79 Å². The predicted octanol–water partition coefficient (Wildman–Crippen LogP) is 2.95. The largest absolute Gasteiger partial charge is 0.463 e. The summed E-state index contributed by atoms with van der Waals surface area (Å²) in [6.45, 7) is 0.434. The SMILES string of the molecule is Nc1cccc(CNC(=O)c2coc3ccccc23)c1. The highest BCUT2D eigenvalue weighted by atomic mass is 16.3. The van der Waals surface area contributed by atoms with Crippen molar-refractivity contribution < 1.29 is 9.21 Å². The van der Waals surface area contributed by atoms with Gasteiger partial charge < -0.3 is 15.5 Å². The number of nitrogens with one attached hydrogen (secondary N) is 1. The molecule has 0 saturated carbocycles. The van der Waals surface area contributed by atoms with E-state index in [0.29, 0.717) is 23.4 Å². The molecule has 3 rings (SSSR count). The highest BCUT2D eigenvalue weighted by Crippen LogP contribution is 2.20. The fourth-order valence-electron chi connectivity index (χ4n) is 2.13. The first-order valence-electron chi connectivity index (χ1n) is 6.33. The Morgan fingerprint density at radius 1 is 1.15 bits per heavy atom. The third kappa shape index (κ3) is 2.36. The normalized spacial score (nSPS) is 10.6. The van der Waals surface area contributed by atoms with E-state index in [1.165, 1.54) is 6.26 Å². The molecule has 2 aromatic carbocycles. The number of rotatable bonds is 3. The van der Waals surface area contributed by atoms with Crippen molar-refractivity contribution in [1.82, 2.24) is 5.32 Å². The lowest BCUT2D eigenvalue weighted by molar-refractivity contribution is 0.0951. The van der Waals surface area contributed by atoms with Gasteiger partial charge in [0.25, 0.3) is 5.91 Å². The van der Waals surface area contributed by atoms with Crippen molar-refractivity contribution in [3.05, 3.63) is 65.9 Å². The van der Waals surface area contributed by atoms with Crippen LogP contribution in [0.5, 0.6) is 0 Å². The molecule has 0 unspecified atom stereocenters. The molecule has 4 nitrogen and oxygen atoms in total. The third-order valence-electron chi connectivity index (χ3n) is 3.13. The van der Waals surface area contributed by atoms with Gasteiger partial charge in [0.2, 0.25) is 0 Å². The van der Waals surface area contributed by atoms with Crippen molar-refractivity contribution in [2.24, 2.45) is 0 Å². The highest BCUT2D eigenvalue weighted by Gasteiger charge is 2.12. The average molecular weight is 266 g/mol. The Balaban J connectivity index is 1.76. The Kier molecular flexibility index (Phi) is 3.13. The molecule has 0 saturated heterocycles. The minimum absolute atomic E-state index is 0.155. The maximum absolute atomic E-state index is 12.2. The summed E-state index contributed by atoms with van der Waals surface area (Å²) in [5, 5.41) is 3.68. The number of nitrogen functional groups attached to an aromatic ring is 1. The molecule has 0 radical (unpaired) electrons. The molecular formula is C16H14N2O2.